The third kappa shape index (κ3) is 1.91. The average molecular weight is 199 g/mol. The van der Waals surface area contributed by atoms with Crippen molar-refractivity contribution in [1.82, 2.24) is 0 Å². The molecule has 1 heteroatoms. The number of hydrogen-bond donors (Lipinski definition) is 0. The molecule has 0 saturated carbocycles. The van der Waals surface area contributed by atoms with E-state index in [1.807, 2.05) is 25.1 Å². The molecule has 0 bridgehead atoms. The van der Waals surface area contributed by atoms with Crippen LogP contribution in [0.3, 0.4) is 0 Å². The zero-order valence-corrected chi connectivity index (χ0v) is 8.84. The van der Waals surface area contributed by atoms with Crippen LogP contribution in [0.15, 0.2) is 36.4 Å². The molecule has 0 aliphatic carbocycles. The predicted molar refractivity (Wildman–Crippen MR) is 60.1 cm³/mol. The Morgan fingerprint density at radius 2 is 1.73 bits per heavy atom. The van der Waals surface area contributed by atoms with E-state index in [0.717, 1.165) is 11.1 Å². The summed E-state index contributed by atoms with van der Waals surface area (Å²) in [6, 6.07) is 13.8. The predicted octanol–water partition coefficient (Wildman–Crippen LogP) is 3.91. The van der Waals surface area contributed by atoms with Crippen LogP contribution in [-0.2, 0) is 0 Å². The molecular weight excluding hydrogens is 187 g/mol. The molecule has 0 amide bonds. The van der Waals surface area contributed by atoms with E-state index in [4.69, 9.17) is 0 Å². The van der Waals surface area contributed by atoms with Crippen LogP contribution in [0.1, 0.15) is 11.1 Å². The number of halogens is 1. The molecule has 0 aliphatic heterocycles. The van der Waals surface area contributed by atoms with Gasteiger partial charge in [0.25, 0.3) is 0 Å². The first-order chi connectivity index (χ1) is 7.18. The highest BCUT2D eigenvalue weighted by Crippen LogP contribution is 2.25. The van der Waals surface area contributed by atoms with Crippen molar-refractivity contribution in [3.63, 3.8) is 0 Å². The zero-order chi connectivity index (χ0) is 10.8. The average Bonchev–Trinajstić information content (AvgIpc) is 2.22. The van der Waals surface area contributed by atoms with Gasteiger partial charge in [0.05, 0.1) is 0 Å². The van der Waals surface area contributed by atoms with Gasteiger partial charge in [-0.1, -0.05) is 30.3 Å². The Kier molecular flexibility index (Phi) is 2.55. The Balaban J connectivity index is 2.59. The molecule has 0 fully saturated rings. The van der Waals surface area contributed by atoms with Crippen molar-refractivity contribution in [2.24, 2.45) is 0 Å². The summed E-state index contributed by atoms with van der Waals surface area (Å²) in [5, 5.41) is 0. The molecule has 2 rings (SSSR count). The van der Waals surface area contributed by atoms with Gasteiger partial charge in [0.2, 0.25) is 0 Å². The van der Waals surface area contributed by atoms with Crippen LogP contribution in [0.25, 0.3) is 11.1 Å². The van der Waals surface area contributed by atoms with Gasteiger partial charge in [-0.25, -0.2) is 4.39 Å². The lowest BCUT2D eigenvalue weighted by Gasteiger charge is -2.08. The molecule has 0 spiro atoms. The Morgan fingerprint density at radius 1 is 1.00 bits per heavy atom. The highest BCUT2D eigenvalue weighted by Gasteiger charge is 2.04. The second-order valence-electron chi connectivity index (χ2n) is 3.66. The normalized spacial score (nSPS) is 10.3. The maximum Gasteiger partial charge on any atom is 0.131 e. The summed E-state index contributed by atoms with van der Waals surface area (Å²) in [6.45, 7) is 4.10. The molecule has 15 heavy (non-hydrogen) atoms. The minimum absolute atomic E-state index is 0.312. The summed E-state index contributed by atoms with van der Waals surface area (Å²) < 4.78 is 13.0. The minimum Gasteiger partial charge on any atom is -0.206 e. The van der Waals surface area contributed by atoms with Crippen LogP contribution >= 0.6 is 0 Å². The Bertz CT molecular complexity index is 486. The van der Waals surface area contributed by atoms with E-state index in [2.05, 4.69) is 19.1 Å². The number of rotatable bonds is 1. The highest BCUT2D eigenvalue weighted by molar-refractivity contribution is 5.67. The first-order valence-corrected chi connectivity index (χ1v) is 4.93. The van der Waals surface area contributed by atoms with Crippen LogP contribution in [0.5, 0.6) is 0 Å². The number of hydrogen-bond acceptors (Lipinski definition) is 0. The van der Waals surface area contributed by atoms with Crippen molar-refractivity contribution < 1.29 is 4.39 Å². The second-order valence-corrected chi connectivity index (χ2v) is 3.66. The van der Waals surface area contributed by atoms with E-state index in [1.54, 1.807) is 6.07 Å². The molecular formula is C14H12F. The van der Waals surface area contributed by atoms with Gasteiger partial charge in [-0.3, -0.25) is 0 Å². The lowest BCUT2D eigenvalue weighted by atomic mass is 9.97. The van der Waals surface area contributed by atoms with E-state index in [1.165, 1.54) is 17.2 Å². The fourth-order valence-corrected chi connectivity index (χ4v) is 1.64. The van der Waals surface area contributed by atoms with Crippen LogP contribution < -0.4 is 0 Å². The standard InChI is InChI=1S/C14H12F/c1-10-5-3-8-14(11(10)2)12-6-4-7-13(15)9-12/h3-8H,1-2H3. The third-order valence-corrected chi connectivity index (χ3v) is 2.65. The van der Waals surface area contributed by atoms with Crippen LogP contribution in [0.2, 0.25) is 0 Å². The zero-order valence-electron chi connectivity index (χ0n) is 8.84. The molecule has 75 valence electrons. The fraction of sp³-hybridized carbons (Fsp3) is 0.143. The summed E-state index contributed by atoms with van der Waals surface area (Å²) in [4.78, 5) is 0. The third-order valence-electron chi connectivity index (χ3n) is 2.65. The van der Waals surface area contributed by atoms with Gasteiger partial charge in [0.1, 0.15) is 5.82 Å². The molecule has 1 radical (unpaired) electrons. The second kappa shape index (κ2) is 3.85. The smallest absolute Gasteiger partial charge is 0.131 e. The molecule has 0 aliphatic rings. The van der Waals surface area contributed by atoms with Crippen LogP contribution in [-0.4, -0.2) is 0 Å². The van der Waals surface area contributed by atoms with Crippen molar-refractivity contribution >= 4 is 0 Å². The molecule has 0 unspecified atom stereocenters. The summed E-state index contributed by atoms with van der Waals surface area (Å²) in [5.74, 6) is -0.312. The van der Waals surface area contributed by atoms with E-state index >= 15 is 0 Å². The van der Waals surface area contributed by atoms with Crippen molar-refractivity contribution in [1.29, 1.82) is 0 Å². The van der Waals surface area contributed by atoms with Gasteiger partial charge in [0.15, 0.2) is 0 Å². The molecule has 0 aromatic heterocycles. The topological polar surface area (TPSA) is 0 Å². The molecule has 0 heterocycles. The van der Waals surface area contributed by atoms with Crippen LogP contribution in [0.4, 0.5) is 4.39 Å². The largest absolute Gasteiger partial charge is 0.206 e. The lowest BCUT2D eigenvalue weighted by molar-refractivity contribution is 0.626. The maximum atomic E-state index is 13.0. The molecule has 0 saturated heterocycles. The highest BCUT2D eigenvalue weighted by atomic mass is 19.1. The van der Waals surface area contributed by atoms with Crippen molar-refractivity contribution in [3.05, 3.63) is 59.4 Å². The van der Waals surface area contributed by atoms with Crippen molar-refractivity contribution in [3.8, 4) is 11.1 Å². The molecule has 2 aromatic carbocycles. The maximum absolute atomic E-state index is 13.0. The Labute approximate surface area is 89.4 Å². The van der Waals surface area contributed by atoms with Gasteiger partial charge in [-0.05, 0) is 42.2 Å². The van der Waals surface area contributed by atoms with E-state index < -0.39 is 0 Å². The number of aryl methyl sites for hydroxylation is 1. The van der Waals surface area contributed by atoms with E-state index in [0.29, 0.717) is 0 Å². The molecule has 0 N–H and O–H groups in total. The van der Waals surface area contributed by atoms with Gasteiger partial charge < -0.3 is 0 Å². The van der Waals surface area contributed by atoms with Gasteiger partial charge >= 0.3 is 0 Å². The van der Waals surface area contributed by atoms with Crippen LogP contribution in [0, 0.1) is 25.7 Å². The first kappa shape index (κ1) is 9.91. The summed E-state index contributed by atoms with van der Waals surface area (Å²) in [6.07, 6.45) is 0. The van der Waals surface area contributed by atoms with Gasteiger partial charge in [0, 0.05) is 6.07 Å². The quantitative estimate of drug-likeness (QED) is 0.653. The Morgan fingerprint density at radius 3 is 2.47 bits per heavy atom. The molecule has 0 atom stereocenters. The summed E-state index contributed by atoms with van der Waals surface area (Å²) >= 11 is 0. The lowest BCUT2D eigenvalue weighted by Crippen LogP contribution is -1.87. The van der Waals surface area contributed by atoms with E-state index in [-0.39, 0.29) is 5.82 Å². The van der Waals surface area contributed by atoms with Crippen molar-refractivity contribution in [2.45, 2.75) is 13.8 Å². The van der Waals surface area contributed by atoms with Gasteiger partial charge in [-0.2, -0.15) is 0 Å². The van der Waals surface area contributed by atoms with Gasteiger partial charge in [-0.15, -0.1) is 0 Å². The molecule has 0 nitrogen and oxygen atoms in total. The number of benzene rings is 2. The Hall–Kier alpha value is -1.63. The summed E-state index contributed by atoms with van der Waals surface area (Å²) in [5.41, 5.74) is 4.26. The first-order valence-electron chi connectivity index (χ1n) is 4.93. The minimum atomic E-state index is -0.312. The summed E-state index contributed by atoms with van der Waals surface area (Å²) in [7, 11) is 0. The monoisotopic (exact) mass is 199 g/mol. The van der Waals surface area contributed by atoms with E-state index in [9.17, 15) is 4.39 Å². The molecule has 2 aromatic rings. The van der Waals surface area contributed by atoms with Crippen molar-refractivity contribution in [2.75, 3.05) is 0 Å². The fourth-order valence-electron chi connectivity index (χ4n) is 1.64. The SMILES string of the molecule is Cc1cccc(-c2[c]c(F)ccc2)c1C.